The van der Waals surface area contributed by atoms with Crippen LogP contribution in [0.25, 0.3) is 0 Å². The Balaban J connectivity index is 2.21. The first-order valence-corrected chi connectivity index (χ1v) is 5.84. The lowest BCUT2D eigenvalue weighted by Gasteiger charge is -2.19. The zero-order valence-corrected chi connectivity index (χ0v) is 10.1. The molecule has 0 radical (unpaired) electrons. The number of hydrogen-bond donors (Lipinski definition) is 2. The first-order valence-electron chi connectivity index (χ1n) is 5.84. The number of hydrogen-bond acceptors (Lipinski definition) is 4. The van der Waals surface area contributed by atoms with Gasteiger partial charge in [0.25, 0.3) is 0 Å². The third-order valence-corrected chi connectivity index (χ3v) is 2.92. The molecular weight excluding hydrogens is 208 g/mol. The Kier molecular flexibility index (Phi) is 5.73. The number of amides is 1. The van der Waals surface area contributed by atoms with Crippen LogP contribution in [0.1, 0.15) is 26.2 Å². The van der Waals surface area contributed by atoms with E-state index in [4.69, 9.17) is 15.2 Å². The third-order valence-electron chi connectivity index (χ3n) is 2.92. The highest BCUT2D eigenvalue weighted by atomic mass is 16.5. The van der Waals surface area contributed by atoms with Gasteiger partial charge in [-0.05, 0) is 19.3 Å². The Labute approximate surface area is 96.7 Å². The molecule has 0 aromatic carbocycles. The van der Waals surface area contributed by atoms with Crippen molar-refractivity contribution < 1.29 is 14.3 Å². The monoisotopic (exact) mass is 230 g/mol. The minimum atomic E-state index is -0.394. The zero-order chi connectivity index (χ0) is 12.0. The Hall–Kier alpha value is -0.650. The Morgan fingerprint density at radius 2 is 2.38 bits per heavy atom. The number of methoxy groups -OCH3 is 1. The van der Waals surface area contributed by atoms with Crippen molar-refractivity contribution in [1.82, 2.24) is 5.32 Å². The molecule has 0 aromatic rings. The predicted octanol–water partition coefficient (Wildman–Crippen LogP) is 0.0339. The van der Waals surface area contributed by atoms with E-state index < -0.39 is 6.10 Å². The molecule has 5 heteroatoms. The van der Waals surface area contributed by atoms with Crippen molar-refractivity contribution >= 4 is 5.91 Å². The van der Waals surface area contributed by atoms with Gasteiger partial charge in [0.1, 0.15) is 6.10 Å². The highest BCUT2D eigenvalue weighted by Gasteiger charge is 2.29. The predicted molar refractivity (Wildman–Crippen MR) is 61.0 cm³/mol. The van der Waals surface area contributed by atoms with Crippen LogP contribution in [0.4, 0.5) is 0 Å². The van der Waals surface area contributed by atoms with E-state index in [1.807, 2.05) is 0 Å². The quantitative estimate of drug-likeness (QED) is 0.647. The van der Waals surface area contributed by atoms with Crippen molar-refractivity contribution in [2.45, 2.75) is 44.4 Å². The van der Waals surface area contributed by atoms with Gasteiger partial charge in [-0.15, -0.1) is 0 Å². The lowest BCUT2D eigenvalue weighted by molar-refractivity contribution is -0.128. The van der Waals surface area contributed by atoms with Gasteiger partial charge in [-0.3, -0.25) is 4.79 Å². The average molecular weight is 230 g/mol. The number of nitrogens with two attached hydrogens (primary N) is 1. The van der Waals surface area contributed by atoms with Crippen molar-refractivity contribution in [3.63, 3.8) is 0 Å². The van der Waals surface area contributed by atoms with Crippen LogP contribution >= 0.6 is 0 Å². The molecular formula is C11H22N2O3. The van der Waals surface area contributed by atoms with Gasteiger partial charge in [0.15, 0.2) is 0 Å². The summed E-state index contributed by atoms with van der Waals surface area (Å²) in [4.78, 5) is 10.9. The molecule has 3 atom stereocenters. The van der Waals surface area contributed by atoms with Crippen LogP contribution in [0, 0.1) is 0 Å². The standard InChI is InChI=1S/C11H22N2O3/c1-3-8(7-15-2)13-6-9-4-5-10(16-9)11(12)14/h8-10,13H,3-7H2,1-2H3,(H2,12,14). The van der Waals surface area contributed by atoms with Crippen molar-refractivity contribution in [3.05, 3.63) is 0 Å². The van der Waals surface area contributed by atoms with E-state index in [0.717, 1.165) is 25.8 Å². The molecule has 0 aliphatic carbocycles. The SMILES string of the molecule is CCC(COC)NCC1CCC(C(N)=O)O1. The summed E-state index contributed by atoms with van der Waals surface area (Å²) in [6.45, 7) is 3.56. The smallest absolute Gasteiger partial charge is 0.246 e. The van der Waals surface area contributed by atoms with Gasteiger partial charge in [0, 0.05) is 19.7 Å². The first-order chi connectivity index (χ1) is 7.67. The molecule has 0 spiro atoms. The molecule has 3 unspecified atom stereocenters. The molecule has 94 valence electrons. The van der Waals surface area contributed by atoms with E-state index in [2.05, 4.69) is 12.2 Å². The number of primary amides is 1. The molecule has 1 rings (SSSR count). The summed E-state index contributed by atoms with van der Waals surface area (Å²) >= 11 is 0. The average Bonchev–Trinajstić information content (AvgIpc) is 2.73. The van der Waals surface area contributed by atoms with Crippen LogP contribution in [-0.4, -0.2) is 44.4 Å². The van der Waals surface area contributed by atoms with Gasteiger partial charge < -0.3 is 20.5 Å². The molecule has 1 amide bonds. The number of rotatable bonds is 7. The summed E-state index contributed by atoms with van der Waals surface area (Å²) in [7, 11) is 1.69. The lowest BCUT2D eigenvalue weighted by atomic mass is 10.1. The minimum Gasteiger partial charge on any atom is -0.383 e. The summed E-state index contributed by atoms with van der Waals surface area (Å²) < 4.78 is 10.6. The normalized spacial score (nSPS) is 26.9. The Morgan fingerprint density at radius 3 is 2.88 bits per heavy atom. The minimum absolute atomic E-state index is 0.100. The number of carbonyl (C=O) groups is 1. The molecule has 3 N–H and O–H groups in total. The van der Waals surface area contributed by atoms with Gasteiger partial charge in [-0.25, -0.2) is 0 Å². The molecule has 1 heterocycles. The maximum absolute atomic E-state index is 10.9. The molecule has 0 aromatic heterocycles. The second-order valence-corrected chi connectivity index (χ2v) is 4.20. The highest BCUT2D eigenvalue weighted by molar-refractivity contribution is 5.79. The fourth-order valence-electron chi connectivity index (χ4n) is 1.89. The second kappa shape index (κ2) is 6.83. The summed E-state index contributed by atoms with van der Waals surface area (Å²) in [5, 5.41) is 3.37. The van der Waals surface area contributed by atoms with Crippen LogP contribution in [-0.2, 0) is 14.3 Å². The third kappa shape index (κ3) is 4.08. The van der Waals surface area contributed by atoms with Crippen LogP contribution in [0.3, 0.4) is 0 Å². The Morgan fingerprint density at radius 1 is 1.62 bits per heavy atom. The van der Waals surface area contributed by atoms with Gasteiger partial charge >= 0.3 is 0 Å². The van der Waals surface area contributed by atoms with Crippen molar-refractivity contribution in [3.8, 4) is 0 Å². The number of ether oxygens (including phenoxy) is 2. The molecule has 0 saturated carbocycles. The lowest BCUT2D eigenvalue weighted by Crippen LogP contribution is -2.38. The van der Waals surface area contributed by atoms with Crippen molar-refractivity contribution in [1.29, 1.82) is 0 Å². The van der Waals surface area contributed by atoms with Gasteiger partial charge in [-0.1, -0.05) is 6.92 Å². The van der Waals surface area contributed by atoms with Gasteiger partial charge in [0.2, 0.25) is 5.91 Å². The summed E-state index contributed by atoms with van der Waals surface area (Å²) in [5.41, 5.74) is 5.19. The molecule has 16 heavy (non-hydrogen) atoms. The summed E-state index contributed by atoms with van der Waals surface area (Å²) in [6.07, 6.45) is 2.35. The van der Waals surface area contributed by atoms with E-state index in [1.165, 1.54) is 0 Å². The largest absolute Gasteiger partial charge is 0.383 e. The number of nitrogens with one attached hydrogen (secondary N) is 1. The van der Waals surface area contributed by atoms with Crippen molar-refractivity contribution in [2.24, 2.45) is 5.73 Å². The van der Waals surface area contributed by atoms with Crippen LogP contribution in [0.5, 0.6) is 0 Å². The van der Waals surface area contributed by atoms with Crippen LogP contribution < -0.4 is 11.1 Å². The van der Waals surface area contributed by atoms with Crippen LogP contribution in [0.15, 0.2) is 0 Å². The van der Waals surface area contributed by atoms with E-state index in [-0.39, 0.29) is 12.0 Å². The molecule has 1 fully saturated rings. The number of carbonyl (C=O) groups excluding carboxylic acids is 1. The maximum atomic E-state index is 10.9. The molecule has 5 nitrogen and oxygen atoms in total. The Bertz CT molecular complexity index is 223. The fourth-order valence-corrected chi connectivity index (χ4v) is 1.89. The second-order valence-electron chi connectivity index (χ2n) is 4.20. The maximum Gasteiger partial charge on any atom is 0.246 e. The molecule has 1 aliphatic heterocycles. The van der Waals surface area contributed by atoms with Gasteiger partial charge in [0.05, 0.1) is 12.7 Å². The first kappa shape index (κ1) is 13.4. The van der Waals surface area contributed by atoms with E-state index in [9.17, 15) is 4.79 Å². The summed E-state index contributed by atoms with van der Waals surface area (Å²) in [5.74, 6) is -0.355. The topological polar surface area (TPSA) is 73.6 Å². The van der Waals surface area contributed by atoms with E-state index >= 15 is 0 Å². The van der Waals surface area contributed by atoms with E-state index in [0.29, 0.717) is 12.6 Å². The van der Waals surface area contributed by atoms with E-state index in [1.54, 1.807) is 7.11 Å². The summed E-state index contributed by atoms with van der Waals surface area (Å²) in [6, 6.07) is 0.348. The zero-order valence-electron chi connectivity index (χ0n) is 10.1. The van der Waals surface area contributed by atoms with Crippen molar-refractivity contribution in [2.75, 3.05) is 20.3 Å². The van der Waals surface area contributed by atoms with Gasteiger partial charge in [-0.2, -0.15) is 0 Å². The molecule has 1 aliphatic rings. The molecule has 1 saturated heterocycles. The fraction of sp³-hybridized carbons (Fsp3) is 0.909. The highest BCUT2D eigenvalue weighted by Crippen LogP contribution is 2.18. The van der Waals surface area contributed by atoms with Crippen LogP contribution in [0.2, 0.25) is 0 Å². The molecule has 0 bridgehead atoms.